The molecular weight excluding hydrogens is 669 g/mol. The van der Waals surface area contributed by atoms with Crippen LogP contribution in [0.2, 0.25) is 0 Å². The van der Waals surface area contributed by atoms with Crippen molar-refractivity contribution in [2.75, 3.05) is 4.90 Å². The van der Waals surface area contributed by atoms with Gasteiger partial charge in [-0.15, -0.1) is 0 Å². The number of anilines is 3. The van der Waals surface area contributed by atoms with Crippen LogP contribution in [0.4, 0.5) is 17.1 Å². The third kappa shape index (κ3) is 5.20. The lowest BCUT2D eigenvalue weighted by atomic mass is 9.99. The third-order valence-corrected chi connectivity index (χ3v) is 11.0. The highest BCUT2D eigenvalue weighted by molar-refractivity contribution is 6.15. The minimum Gasteiger partial charge on any atom is -0.456 e. The zero-order chi connectivity index (χ0) is 36.3. The highest BCUT2D eigenvalue weighted by atomic mass is 16.3. The second-order valence-corrected chi connectivity index (χ2v) is 14.2. The number of nitrogens with zero attached hydrogens (tertiary/aromatic N) is 2. The first-order chi connectivity index (χ1) is 27.3. The molecule has 3 heteroatoms. The lowest BCUT2D eigenvalue weighted by Gasteiger charge is -2.26. The molecular formula is C52H34N2O. The summed E-state index contributed by atoms with van der Waals surface area (Å²) in [6.07, 6.45) is 2.22. The van der Waals surface area contributed by atoms with Gasteiger partial charge in [0, 0.05) is 56.4 Å². The predicted molar refractivity (Wildman–Crippen MR) is 231 cm³/mol. The number of aromatic nitrogens is 1. The van der Waals surface area contributed by atoms with Crippen LogP contribution in [0.1, 0.15) is 0 Å². The van der Waals surface area contributed by atoms with E-state index in [0.29, 0.717) is 0 Å². The van der Waals surface area contributed by atoms with Crippen LogP contribution in [0.15, 0.2) is 211 Å². The number of hydrogen-bond donors (Lipinski definition) is 0. The van der Waals surface area contributed by atoms with Crippen molar-refractivity contribution in [3.05, 3.63) is 206 Å². The van der Waals surface area contributed by atoms with Crippen LogP contribution in [-0.4, -0.2) is 4.40 Å². The molecule has 11 rings (SSSR count). The van der Waals surface area contributed by atoms with Gasteiger partial charge in [0.15, 0.2) is 0 Å². The van der Waals surface area contributed by atoms with Gasteiger partial charge in [0.1, 0.15) is 11.2 Å². The smallest absolute Gasteiger partial charge is 0.137 e. The Hall–Kier alpha value is -7.36. The van der Waals surface area contributed by atoms with Crippen molar-refractivity contribution >= 4 is 66.2 Å². The Morgan fingerprint density at radius 1 is 0.364 bits per heavy atom. The molecule has 8 aromatic carbocycles. The summed E-state index contributed by atoms with van der Waals surface area (Å²) in [5, 5.41) is 5.92. The maximum Gasteiger partial charge on any atom is 0.137 e. The van der Waals surface area contributed by atoms with Crippen LogP contribution in [0, 0.1) is 0 Å². The molecule has 0 amide bonds. The van der Waals surface area contributed by atoms with E-state index in [1.807, 2.05) is 12.1 Å². The van der Waals surface area contributed by atoms with E-state index in [2.05, 4.69) is 204 Å². The van der Waals surface area contributed by atoms with Gasteiger partial charge in [0.05, 0.1) is 11.0 Å². The normalized spacial score (nSPS) is 11.6. The van der Waals surface area contributed by atoms with E-state index >= 15 is 0 Å². The van der Waals surface area contributed by atoms with Gasteiger partial charge in [0.2, 0.25) is 0 Å². The molecule has 0 aliphatic rings. The van der Waals surface area contributed by atoms with Gasteiger partial charge in [-0.05, 0) is 81.7 Å². The van der Waals surface area contributed by atoms with E-state index in [9.17, 15) is 0 Å². The Balaban J connectivity index is 1.08. The lowest BCUT2D eigenvalue weighted by molar-refractivity contribution is 0.669. The molecule has 0 aliphatic heterocycles. The van der Waals surface area contributed by atoms with Crippen LogP contribution < -0.4 is 4.90 Å². The topological polar surface area (TPSA) is 20.8 Å². The zero-order valence-electron chi connectivity index (χ0n) is 29.9. The highest BCUT2D eigenvalue weighted by Gasteiger charge is 2.20. The van der Waals surface area contributed by atoms with E-state index in [-0.39, 0.29) is 0 Å². The molecule has 0 saturated heterocycles. The summed E-state index contributed by atoms with van der Waals surface area (Å²) in [7, 11) is 0. The number of hydrogen-bond acceptors (Lipinski definition) is 2. The largest absolute Gasteiger partial charge is 0.456 e. The van der Waals surface area contributed by atoms with Gasteiger partial charge in [-0.25, -0.2) is 0 Å². The van der Waals surface area contributed by atoms with E-state index in [1.165, 1.54) is 55.1 Å². The molecule has 11 aromatic rings. The summed E-state index contributed by atoms with van der Waals surface area (Å²) in [6, 6.07) is 71.7. The molecule has 0 aliphatic carbocycles. The number of benzene rings is 8. The first kappa shape index (κ1) is 31.2. The van der Waals surface area contributed by atoms with Gasteiger partial charge < -0.3 is 13.7 Å². The number of furan rings is 1. The monoisotopic (exact) mass is 702 g/mol. The van der Waals surface area contributed by atoms with Crippen LogP contribution in [0.25, 0.3) is 82.5 Å². The van der Waals surface area contributed by atoms with Crippen molar-refractivity contribution in [3.63, 3.8) is 0 Å². The minimum absolute atomic E-state index is 0.867. The average molecular weight is 703 g/mol. The van der Waals surface area contributed by atoms with E-state index in [4.69, 9.17) is 4.42 Å². The number of para-hydroxylation sites is 1. The predicted octanol–water partition coefficient (Wildman–Crippen LogP) is 14.6. The molecule has 0 N–H and O–H groups in total. The lowest BCUT2D eigenvalue weighted by Crippen LogP contribution is -2.10. The number of fused-ring (bicyclic) bond motifs is 8. The van der Waals surface area contributed by atoms with Crippen LogP contribution in [-0.2, 0) is 0 Å². The van der Waals surface area contributed by atoms with Crippen molar-refractivity contribution < 1.29 is 4.42 Å². The van der Waals surface area contributed by atoms with Gasteiger partial charge in [-0.2, -0.15) is 0 Å². The maximum atomic E-state index is 6.42. The fourth-order valence-corrected chi connectivity index (χ4v) is 8.36. The van der Waals surface area contributed by atoms with Crippen molar-refractivity contribution in [2.24, 2.45) is 0 Å². The highest BCUT2D eigenvalue weighted by Crippen LogP contribution is 2.44. The molecule has 55 heavy (non-hydrogen) atoms. The second kappa shape index (κ2) is 12.6. The molecule has 0 radical (unpaired) electrons. The average Bonchev–Trinajstić information content (AvgIpc) is 3.80. The fourth-order valence-electron chi connectivity index (χ4n) is 8.36. The van der Waals surface area contributed by atoms with E-state index < -0.39 is 0 Å². The van der Waals surface area contributed by atoms with Gasteiger partial charge in [-0.3, -0.25) is 0 Å². The minimum atomic E-state index is 0.867. The summed E-state index contributed by atoms with van der Waals surface area (Å²) < 4.78 is 8.79. The molecule has 258 valence electrons. The first-order valence-corrected chi connectivity index (χ1v) is 18.8. The molecule has 3 nitrogen and oxygen atoms in total. The summed E-state index contributed by atoms with van der Waals surface area (Å²) >= 11 is 0. The van der Waals surface area contributed by atoms with E-state index in [1.54, 1.807) is 0 Å². The Labute approximate surface area is 318 Å². The summed E-state index contributed by atoms with van der Waals surface area (Å²) in [5.41, 5.74) is 14.5. The molecule has 0 bridgehead atoms. The molecule has 3 heterocycles. The second-order valence-electron chi connectivity index (χ2n) is 14.2. The number of rotatable bonds is 6. The Kier molecular flexibility index (Phi) is 7.17. The molecule has 3 aromatic heterocycles. The first-order valence-electron chi connectivity index (χ1n) is 18.8. The Morgan fingerprint density at radius 2 is 0.891 bits per heavy atom. The van der Waals surface area contributed by atoms with Gasteiger partial charge in [-0.1, -0.05) is 146 Å². The molecule has 0 spiro atoms. The van der Waals surface area contributed by atoms with E-state index in [0.717, 1.165) is 44.5 Å². The number of pyridine rings is 1. The summed E-state index contributed by atoms with van der Waals surface area (Å²) in [5.74, 6) is 0. The van der Waals surface area contributed by atoms with Gasteiger partial charge in [0.25, 0.3) is 0 Å². The molecule has 0 fully saturated rings. The van der Waals surface area contributed by atoms with Crippen LogP contribution >= 0.6 is 0 Å². The third-order valence-electron chi connectivity index (χ3n) is 11.0. The van der Waals surface area contributed by atoms with Crippen molar-refractivity contribution in [3.8, 4) is 33.4 Å². The summed E-state index contributed by atoms with van der Waals surface area (Å²) in [4.78, 5) is 2.34. The summed E-state index contributed by atoms with van der Waals surface area (Å²) in [6.45, 7) is 0. The Bertz CT molecular complexity index is 3180. The van der Waals surface area contributed by atoms with Crippen LogP contribution in [0.3, 0.4) is 0 Å². The standard InChI is InChI=1S/C52H34N2O/c1-3-11-35(12-4-1)36-19-21-37(22-20-36)38-23-25-41(26-24-38)54(43-27-29-46-45-17-9-10-18-49(45)55-50(46)34-43)42-28-30-47-48(33-42)53-32-31-39-13-7-8-16-44(39)52(53)51(47)40-14-5-2-6-15-40/h1-34H. The zero-order valence-corrected chi connectivity index (χ0v) is 29.9. The van der Waals surface area contributed by atoms with Crippen molar-refractivity contribution in [1.29, 1.82) is 0 Å². The van der Waals surface area contributed by atoms with Crippen molar-refractivity contribution in [1.82, 2.24) is 4.40 Å². The molecule has 0 saturated carbocycles. The SMILES string of the molecule is c1ccc(-c2ccc(-c3ccc(N(c4ccc5c(c4)oc4ccccc45)c4ccc5c(-c6ccccc6)c6c7ccccc7ccn6c5c4)cc3)cc2)cc1. The maximum absolute atomic E-state index is 6.42. The fraction of sp³-hybridized carbons (Fsp3) is 0. The van der Waals surface area contributed by atoms with Gasteiger partial charge >= 0.3 is 0 Å². The van der Waals surface area contributed by atoms with Crippen molar-refractivity contribution in [2.45, 2.75) is 0 Å². The molecule has 0 unspecified atom stereocenters. The quantitative estimate of drug-likeness (QED) is 0.172. The Morgan fingerprint density at radius 3 is 1.62 bits per heavy atom. The molecule has 0 atom stereocenters. The van der Waals surface area contributed by atoms with Crippen LogP contribution in [0.5, 0.6) is 0 Å².